The number of amides is 4. The molecule has 0 unspecified atom stereocenters. The van der Waals surface area contributed by atoms with E-state index in [4.69, 9.17) is 10.8 Å². The second kappa shape index (κ2) is 29.3. The highest BCUT2D eigenvalue weighted by Crippen LogP contribution is 2.46. The van der Waals surface area contributed by atoms with Crippen molar-refractivity contribution >= 4 is 35.4 Å². The summed E-state index contributed by atoms with van der Waals surface area (Å²) in [6.07, 6.45) is 8.54. The van der Waals surface area contributed by atoms with Crippen LogP contribution in [0.3, 0.4) is 0 Å². The van der Waals surface area contributed by atoms with Crippen molar-refractivity contribution in [1.29, 1.82) is 0 Å². The molecule has 4 aliphatic rings. The number of hydrazine groups is 1. The van der Waals surface area contributed by atoms with Crippen molar-refractivity contribution in [3.8, 4) is 5.75 Å². The lowest BCUT2D eigenvalue weighted by Gasteiger charge is -2.56. The number of carbonyl (C=O) groups excluding carboxylic acids is 6. The lowest BCUT2D eigenvalue weighted by atomic mass is 9.69. The molecule has 1 spiro atoms. The van der Waals surface area contributed by atoms with Gasteiger partial charge >= 0.3 is 5.97 Å². The predicted octanol–water partition coefficient (Wildman–Crippen LogP) is 5.41. The summed E-state index contributed by atoms with van der Waals surface area (Å²) >= 11 is 0. The maximum atomic E-state index is 14.5. The molecule has 4 aliphatic heterocycles. The summed E-state index contributed by atoms with van der Waals surface area (Å²) in [7, 11) is 0. The number of aliphatic hydroxyl groups is 4. The van der Waals surface area contributed by atoms with E-state index in [-0.39, 0.29) is 73.8 Å². The molecule has 4 heterocycles. The molecule has 1 aromatic rings. The second-order valence-electron chi connectivity index (χ2n) is 23.0. The van der Waals surface area contributed by atoms with Gasteiger partial charge < -0.3 is 55.8 Å². The van der Waals surface area contributed by atoms with Crippen LogP contribution < -0.4 is 21.4 Å². The van der Waals surface area contributed by atoms with Crippen molar-refractivity contribution in [2.45, 2.75) is 200 Å². The Morgan fingerprint density at radius 3 is 2.40 bits per heavy atom. The summed E-state index contributed by atoms with van der Waals surface area (Å²) < 4.78 is 21.9. The molecular formula is C60H91N5O13. The molecule has 2 bridgehead atoms. The van der Waals surface area contributed by atoms with Gasteiger partial charge in [-0.1, -0.05) is 110 Å². The number of fused-ring (bicyclic) bond motifs is 2. The number of carbonyl (C=O) groups is 6. The highest BCUT2D eigenvalue weighted by atomic mass is 16.5. The highest BCUT2D eigenvalue weighted by Gasteiger charge is 2.57. The molecule has 0 aliphatic carbocycles. The Kier molecular flexibility index (Phi) is 23.3. The van der Waals surface area contributed by atoms with Crippen LogP contribution in [0.25, 0.3) is 0 Å². The first-order chi connectivity index (χ1) is 37.2. The van der Waals surface area contributed by atoms with Crippen molar-refractivity contribution in [2.75, 3.05) is 6.54 Å². The van der Waals surface area contributed by atoms with Gasteiger partial charge in [-0.25, -0.2) is 5.43 Å². The minimum Gasteiger partial charge on any atom is -0.508 e. The van der Waals surface area contributed by atoms with Gasteiger partial charge in [0.1, 0.15) is 41.5 Å². The fraction of sp³-hybridized carbons (Fsp3) is 0.667. The molecule has 3 fully saturated rings. The van der Waals surface area contributed by atoms with Gasteiger partial charge in [0.25, 0.3) is 5.91 Å². The summed E-state index contributed by atoms with van der Waals surface area (Å²) in [6, 6.07) is 2.85. The molecule has 18 heteroatoms. The minimum absolute atomic E-state index is 0.0424. The monoisotopic (exact) mass is 1090 g/mol. The number of Topliss-reactive ketones (excluding diaryl/α,β-unsaturated/α-hetero) is 1. The fourth-order valence-corrected chi connectivity index (χ4v) is 11.2. The van der Waals surface area contributed by atoms with Gasteiger partial charge in [0.15, 0.2) is 0 Å². The number of phenolic OH excluding ortho intramolecular Hbond substituents is 1. The summed E-state index contributed by atoms with van der Waals surface area (Å²) in [6.45, 7) is 17.7. The Hall–Kier alpha value is -5.24. The quantitative estimate of drug-likeness (QED) is 0.0786. The molecule has 5 rings (SSSR count). The Labute approximate surface area is 463 Å². The number of hydrogen-bond donors (Lipinski definition) is 9. The zero-order valence-electron chi connectivity index (χ0n) is 48.5. The van der Waals surface area contributed by atoms with Gasteiger partial charge in [-0.3, -0.25) is 29.0 Å². The van der Waals surface area contributed by atoms with E-state index in [9.17, 15) is 54.3 Å². The molecule has 434 valence electrons. The molecule has 0 saturated carbocycles. The maximum absolute atomic E-state index is 14.5. The number of nitrogens with one attached hydrogen (secondary N) is 4. The second-order valence-corrected chi connectivity index (χ2v) is 23.0. The number of ketones is 1. The first kappa shape index (κ1) is 62.0. The third-order valence-electron chi connectivity index (χ3n) is 16.7. The van der Waals surface area contributed by atoms with E-state index in [1.807, 2.05) is 45.9 Å². The van der Waals surface area contributed by atoms with Crippen molar-refractivity contribution < 1.29 is 65.1 Å². The van der Waals surface area contributed by atoms with E-state index >= 15 is 0 Å². The Bertz CT molecular complexity index is 2390. The maximum Gasteiger partial charge on any atom is 0.325 e. The molecule has 3 saturated heterocycles. The zero-order valence-corrected chi connectivity index (χ0v) is 47.5. The summed E-state index contributed by atoms with van der Waals surface area (Å²) in [5.41, 5.74) is 3.01. The molecule has 18 nitrogen and oxygen atoms in total. The molecule has 0 radical (unpaired) electrons. The molecule has 9 N–H and O–H groups in total. The SMILES string of the molecule is [3H][C@]1(O)[C@@H](C)[C@H](C[C@H](O)[C@@H](C)CC/C=C/C=C(\C)[C@@H]2C/C=C\C=C/[C@H](O)[C@H](C)[C@@H](O)[C@@H](CCC(C)=O)C(=O)N[C@@H](C(C)C)C(=O)N[C@@H](Cc3cccc(O)c3)C(=O)N3CCC[C@H](N3)C(=O)O2)O[C@@]2(NC(=O)[C@@H](CC)C[C@@H]2C)[C@H]1C. The number of benzene rings is 1. The number of cyclic esters (lactones) is 1. The van der Waals surface area contributed by atoms with Crippen molar-refractivity contribution in [3.05, 3.63) is 77.9 Å². The number of rotatable bonds is 15. The van der Waals surface area contributed by atoms with Gasteiger partial charge in [0.2, 0.25) is 17.7 Å². The third-order valence-corrected chi connectivity index (χ3v) is 16.7. The molecule has 4 amide bonds. The largest absolute Gasteiger partial charge is 0.508 e. The summed E-state index contributed by atoms with van der Waals surface area (Å²) in [5, 5.41) is 66.1. The number of hydrogen-bond acceptors (Lipinski definition) is 14. The topological polar surface area (TPSA) is 273 Å². The van der Waals surface area contributed by atoms with Crippen LogP contribution >= 0.6 is 0 Å². The molecule has 78 heavy (non-hydrogen) atoms. The van der Waals surface area contributed by atoms with Gasteiger partial charge in [0.05, 0.1) is 37.8 Å². The van der Waals surface area contributed by atoms with Gasteiger partial charge in [-0.15, -0.1) is 0 Å². The highest BCUT2D eigenvalue weighted by molar-refractivity contribution is 5.93. The van der Waals surface area contributed by atoms with E-state index in [2.05, 4.69) is 21.4 Å². The molecule has 17 atom stereocenters. The van der Waals surface area contributed by atoms with E-state index in [0.717, 1.165) is 0 Å². The Morgan fingerprint density at radius 1 is 0.987 bits per heavy atom. The summed E-state index contributed by atoms with van der Waals surface area (Å²) in [4.78, 5) is 82.2. The van der Waals surface area contributed by atoms with E-state index < -0.39 is 114 Å². The Balaban J connectivity index is 1.35. The van der Waals surface area contributed by atoms with Crippen LogP contribution in [0, 0.1) is 47.3 Å². The first-order valence-corrected chi connectivity index (χ1v) is 28.3. The minimum atomic E-state index is -1.91. The van der Waals surface area contributed by atoms with E-state index in [0.29, 0.717) is 49.7 Å². The number of allylic oxidation sites excluding steroid dienone is 5. The smallest absolute Gasteiger partial charge is 0.325 e. The predicted molar refractivity (Wildman–Crippen MR) is 295 cm³/mol. The van der Waals surface area contributed by atoms with Crippen molar-refractivity contribution in [2.24, 2.45) is 47.3 Å². The number of aromatic hydroxyl groups is 1. The average molecular weight is 1090 g/mol. The number of phenols is 1. The van der Waals surface area contributed by atoms with Crippen molar-refractivity contribution in [3.63, 3.8) is 0 Å². The number of esters is 1. The average Bonchev–Trinajstić information content (AvgIpc) is 3.42. The van der Waals surface area contributed by atoms with Crippen molar-refractivity contribution in [1.82, 2.24) is 26.4 Å². The number of aliphatic hydroxyl groups excluding tert-OH is 3. The van der Waals surface area contributed by atoms with Crippen LogP contribution in [0.1, 0.15) is 140 Å². The van der Waals surface area contributed by atoms with Gasteiger partial charge in [-0.05, 0) is 93.9 Å². The van der Waals surface area contributed by atoms with Gasteiger partial charge in [0, 0.05) is 61.8 Å². The van der Waals surface area contributed by atoms with Crippen LogP contribution in [0.5, 0.6) is 5.75 Å². The van der Waals surface area contributed by atoms with E-state index in [1.54, 1.807) is 65.0 Å². The lowest BCUT2D eigenvalue weighted by molar-refractivity contribution is -0.267. The van der Waals surface area contributed by atoms with Crippen LogP contribution in [-0.2, 0) is 44.7 Å². The fourth-order valence-electron chi connectivity index (χ4n) is 11.2. The Morgan fingerprint density at radius 2 is 1.72 bits per heavy atom. The zero-order chi connectivity index (χ0) is 58.5. The number of nitrogens with zero attached hydrogens (tertiary/aromatic N) is 1. The normalized spacial score (nSPS) is 36.1. The van der Waals surface area contributed by atoms with Gasteiger partial charge in [-0.2, -0.15) is 0 Å². The lowest BCUT2D eigenvalue weighted by Crippen LogP contribution is -2.71. The first-order valence-electron chi connectivity index (χ1n) is 28.8. The molecular weight excluding hydrogens is 999 g/mol. The van der Waals surface area contributed by atoms with Crippen LogP contribution in [0.15, 0.2) is 72.4 Å². The number of ether oxygens (including phenoxy) is 2. The summed E-state index contributed by atoms with van der Waals surface area (Å²) in [5.74, 6) is -7.54. The number of piperidine rings is 1. The van der Waals surface area contributed by atoms with E-state index in [1.165, 1.54) is 30.1 Å². The molecule has 1 aromatic carbocycles. The van der Waals surface area contributed by atoms with Crippen LogP contribution in [-0.4, -0.2) is 133 Å². The third kappa shape index (κ3) is 16.7. The molecule has 0 aromatic heterocycles. The standard InChI is InChI=1S/C60H91N5O13/c1-11-43-30-37(6)60(63-55(43)72)41(10)53(70)40(9)51(78-60)33-49(69)35(4)20-14-12-15-21-36(5)50-26-17-13-16-25-48(68)39(8)54(71)45(28-27-38(7)66)56(73)62-52(34(2)3)57(74)61-47(32-42-22-18-23-44(67)31-42)58(75)65-29-19-24-46(64-65)59(76)77-50/h12-13,15-18,21-23,25,31,34-35,37,39-41,43,45-54,64,67-71H,11,14,19-20,24,26-30,32-33H2,1-10H3,(H,61,74)(H,62,73)(H,63,72)/b15-12+,17-13-,25-16-,36-21+/t35-,37-,39-,40-,41-,43-,45+,46-,47-,48-,49-,50-,51-,52-,53-,54+,60+/m0/s1/i53T. The van der Waals surface area contributed by atoms with Crippen LogP contribution in [0.2, 0.25) is 0 Å². The van der Waals surface area contributed by atoms with Crippen LogP contribution in [0.4, 0.5) is 0 Å².